The quantitative estimate of drug-likeness (QED) is 0.480. The maximum Gasteiger partial charge on any atom is 0.193 e. The van der Waals surface area contributed by atoms with E-state index in [9.17, 15) is 9.59 Å². The fourth-order valence-corrected chi connectivity index (χ4v) is 2.72. The highest BCUT2D eigenvalue weighted by molar-refractivity contribution is 6.08. The second-order valence-electron chi connectivity index (χ2n) is 5.99. The van der Waals surface area contributed by atoms with Gasteiger partial charge in [-0.2, -0.15) is 0 Å². The van der Waals surface area contributed by atoms with Gasteiger partial charge in [0, 0.05) is 16.7 Å². The van der Waals surface area contributed by atoms with Crippen LogP contribution in [0.15, 0.2) is 72.8 Å². The summed E-state index contributed by atoms with van der Waals surface area (Å²) in [5, 5.41) is 0. The summed E-state index contributed by atoms with van der Waals surface area (Å²) in [6.45, 7) is 5.96. The molecule has 0 aromatic heterocycles. The van der Waals surface area contributed by atoms with Crippen LogP contribution in [0.5, 0.6) is 0 Å². The molecule has 2 nitrogen and oxygen atoms in total. The van der Waals surface area contributed by atoms with Crippen LogP contribution >= 0.6 is 0 Å². The number of hydrogen-bond acceptors (Lipinski definition) is 2. The number of ketones is 1. The minimum Gasteiger partial charge on any atom is -0.298 e. The first-order chi connectivity index (χ1) is 12.0. The van der Waals surface area contributed by atoms with Gasteiger partial charge in [0.05, 0.1) is 0 Å². The second kappa shape index (κ2) is 8.74. The number of carbonyl (C=O) groups excluding carboxylic acids is 2. The van der Waals surface area contributed by atoms with Crippen molar-refractivity contribution in [2.24, 2.45) is 0 Å². The van der Waals surface area contributed by atoms with Gasteiger partial charge in [-0.15, -0.1) is 0 Å². The van der Waals surface area contributed by atoms with Crippen molar-refractivity contribution in [1.82, 2.24) is 0 Å². The van der Waals surface area contributed by atoms with Crippen LogP contribution in [-0.2, 0) is 0 Å². The molecule has 0 saturated carbocycles. The number of benzene rings is 3. The van der Waals surface area contributed by atoms with E-state index in [1.165, 1.54) is 5.56 Å². The van der Waals surface area contributed by atoms with Crippen LogP contribution in [0.1, 0.15) is 43.0 Å². The lowest BCUT2D eigenvalue weighted by atomic mass is 10.0. The normalized spacial score (nSPS) is 9.72. The molecule has 0 fully saturated rings. The summed E-state index contributed by atoms with van der Waals surface area (Å²) in [5.41, 5.74) is 5.65. The Labute approximate surface area is 149 Å². The lowest BCUT2D eigenvalue weighted by molar-refractivity contribution is 0.103. The molecular weight excluding hydrogens is 308 g/mol. The maximum atomic E-state index is 11.8. The van der Waals surface area contributed by atoms with Gasteiger partial charge in [-0.25, -0.2) is 0 Å². The smallest absolute Gasteiger partial charge is 0.193 e. The molecule has 0 bridgehead atoms. The van der Waals surface area contributed by atoms with E-state index in [0.29, 0.717) is 0 Å². The molecule has 25 heavy (non-hydrogen) atoms. The predicted octanol–water partition coefficient (Wildman–Crippen LogP) is 5.34. The van der Waals surface area contributed by atoms with Crippen LogP contribution in [0.4, 0.5) is 0 Å². The Morgan fingerprint density at radius 1 is 0.720 bits per heavy atom. The van der Waals surface area contributed by atoms with Crippen molar-refractivity contribution in [2.45, 2.75) is 20.8 Å². The molecule has 0 unspecified atom stereocenters. The van der Waals surface area contributed by atoms with E-state index >= 15 is 0 Å². The van der Waals surface area contributed by atoms with E-state index in [0.717, 1.165) is 34.1 Å². The molecule has 0 spiro atoms. The molecule has 3 aromatic carbocycles. The van der Waals surface area contributed by atoms with Crippen molar-refractivity contribution in [1.29, 1.82) is 0 Å². The highest BCUT2D eigenvalue weighted by Crippen LogP contribution is 2.13. The second-order valence-corrected chi connectivity index (χ2v) is 5.99. The van der Waals surface area contributed by atoms with Gasteiger partial charge in [0.15, 0.2) is 12.1 Å². The number of hydrogen-bond donors (Lipinski definition) is 0. The van der Waals surface area contributed by atoms with E-state index in [1.807, 2.05) is 93.6 Å². The van der Waals surface area contributed by atoms with Crippen molar-refractivity contribution in [3.8, 4) is 0 Å². The van der Waals surface area contributed by atoms with Crippen molar-refractivity contribution >= 4 is 12.1 Å². The van der Waals surface area contributed by atoms with Crippen molar-refractivity contribution < 1.29 is 9.59 Å². The fraction of sp³-hybridized carbons (Fsp3) is 0.130. The van der Waals surface area contributed by atoms with Crippen molar-refractivity contribution in [3.05, 3.63) is 106 Å². The number of aldehydes is 1. The third-order valence-corrected chi connectivity index (χ3v) is 3.93. The average Bonchev–Trinajstić information content (AvgIpc) is 2.63. The third-order valence-electron chi connectivity index (χ3n) is 3.93. The van der Waals surface area contributed by atoms with Gasteiger partial charge in [-0.1, -0.05) is 78.4 Å². The summed E-state index contributed by atoms with van der Waals surface area (Å²) < 4.78 is 0. The maximum absolute atomic E-state index is 11.8. The molecule has 0 saturated heterocycles. The summed E-state index contributed by atoms with van der Waals surface area (Å²) in [6, 6.07) is 22.7. The SMILES string of the molecule is Cc1cc(C)c(C=O)c(C)c1.O=C(c1ccccc1)c1ccccc1. The summed E-state index contributed by atoms with van der Waals surface area (Å²) >= 11 is 0. The Balaban J connectivity index is 0.000000186. The minimum atomic E-state index is 0.0752. The molecule has 126 valence electrons. The van der Waals surface area contributed by atoms with E-state index < -0.39 is 0 Å². The van der Waals surface area contributed by atoms with Gasteiger partial charge < -0.3 is 0 Å². The van der Waals surface area contributed by atoms with E-state index in [2.05, 4.69) is 0 Å². The van der Waals surface area contributed by atoms with Crippen LogP contribution in [-0.4, -0.2) is 12.1 Å². The molecule has 0 aliphatic heterocycles. The zero-order valence-electron chi connectivity index (χ0n) is 14.8. The monoisotopic (exact) mass is 330 g/mol. The van der Waals surface area contributed by atoms with Gasteiger partial charge in [0.25, 0.3) is 0 Å². The molecule has 0 radical (unpaired) electrons. The Morgan fingerprint density at radius 3 is 1.48 bits per heavy atom. The van der Waals surface area contributed by atoms with Crippen LogP contribution in [0.3, 0.4) is 0 Å². The standard InChI is InChI=1S/C13H10O.C10H12O/c14-13(11-7-3-1-4-8-11)12-9-5-2-6-10-12;1-7-4-8(2)10(6-11)9(3)5-7/h1-10H;4-6H,1-3H3. The number of carbonyl (C=O) groups is 2. The number of rotatable bonds is 3. The van der Waals surface area contributed by atoms with Crippen LogP contribution in [0.25, 0.3) is 0 Å². The Kier molecular flexibility index (Phi) is 6.41. The zero-order chi connectivity index (χ0) is 18.2. The van der Waals surface area contributed by atoms with E-state index in [1.54, 1.807) is 0 Å². The highest BCUT2D eigenvalue weighted by Gasteiger charge is 2.06. The van der Waals surface area contributed by atoms with Crippen molar-refractivity contribution in [3.63, 3.8) is 0 Å². The zero-order valence-corrected chi connectivity index (χ0v) is 14.8. The first-order valence-corrected chi connectivity index (χ1v) is 8.20. The molecule has 0 N–H and O–H groups in total. The molecule has 0 aliphatic carbocycles. The Hall–Kier alpha value is -3.00. The average molecular weight is 330 g/mol. The third kappa shape index (κ3) is 4.98. The molecule has 0 amide bonds. The molecule has 3 rings (SSSR count). The van der Waals surface area contributed by atoms with Gasteiger partial charge in [-0.05, 0) is 31.9 Å². The first kappa shape index (κ1) is 18.3. The molecule has 0 atom stereocenters. The van der Waals surface area contributed by atoms with Crippen LogP contribution < -0.4 is 0 Å². The summed E-state index contributed by atoms with van der Waals surface area (Å²) in [5.74, 6) is 0.0752. The molecule has 0 heterocycles. The molecule has 0 aliphatic rings. The number of aryl methyl sites for hydroxylation is 3. The van der Waals surface area contributed by atoms with Gasteiger partial charge in [-0.3, -0.25) is 9.59 Å². The minimum absolute atomic E-state index is 0.0752. The molecular formula is C23H22O2. The summed E-state index contributed by atoms with van der Waals surface area (Å²) in [6.07, 6.45) is 0.921. The Morgan fingerprint density at radius 2 is 1.12 bits per heavy atom. The fourth-order valence-electron chi connectivity index (χ4n) is 2.72. The lowest BCUT2D eigenvalue weighted by Gasteiger charge is -2.03. The molecule has 3 aromatic rings. The highest BCUT2D eigenvalue weighted by atomic mass is 16.1. The van der Waals surface area contributed by atoms with Gasteiger partial charge in [0.2, 0.25) is 0 Å². The predicted molar refractivity (Wildman–Crippen MR) is 102 cm³/mol. The summed E-state index contributed by atoms with van der Waals surface area (Å²) in [4.78, 5) is 22.4. The van der Waals surface area contributed by atoms with E-state index in [-0.39, 0.29) is 5.78 Å². The summed E-state index contributed by atoms with van der Waals surface area (Å²) in [7, 11) is 0. The molecule has 2 heteroatoms. The largest absolute Gasteiger partial charge is 0.298 e. The van der Waals surface area contributed by atoms with Crippen LogP contribution in [0.2, 0.25) is 0 Å². The van der Waals surface area contributed by atoms with Crippen LogP contribution in [0, 0.1) is 20.8 Å². The topological polar surface area (TPSA) is 34.1 Å². The van der Waals surface area contributed by atoms with Gasteiger partial charge >= 0.3 is 0 Å². The lowest BCUT2D eigenvalue weighted by Crippen LogP contribution is -1.99. The Bertz CT molecular complexity index is 785. The van der Waals surface area contributed by atoms with Gasteiger partial charge in [0.1, 0.15) is 0 Å². The van der Waals surface area contributed by atoms with Crippen molar-refractivity contribution in [2.75, 3.05) is 0 Å². The van der Waals surface area contributed by atoms with E-state index in [4.69, 9.17) is 0 Å². The first-order valence-electron chi connectivity index (χ1n) is 8.20.